The number of methoxy groups -OCH3 is 1. The first kappa shape index (κ1) is 30.6. The summed E-state index contributed by atoms with van der Waals surface area (Å²) in [4.78, 5) is 49.6. The number of para-hydroxylation sites is 1. The van der Waals surface area contributed by atoms with Gasteiger partial charge in [-0.1, -0.05) is 24.3 Å². The van der Waals surface area contributed by atoms with Crippen molar-refractivity contribution < 1.29 is 33.0 Å². The number of hydrogen-bond donors (Lipinski definition) is 1. The van der Waals surface area contributed by atoms with Gasteiger partial charge in [0.1, 0.15) is 11.9 Å². The lowest BCUT2D eigenvalue weighted by atomic mass is 10.1. The fraction of sp³-hybridized carbons (Fsp3) is 0.367. The fourth-order valence-corrected chi connectivity index (χ4v) is 5.37. The average molecular weight is 611 g/mol. The standard InChI is InChI=1S/C30H32F2N6O6/c1-18-16-36(10-11-37(18)28(42)24(39)13-26(40)43-3)30-33-14-21(15-34-30)19-8-9-22-23(12-19)38(35(2)27(22)41)17-20-6-4-5-7-25(20)44-29(31)32/h4-9,12,14-15,18,24,29,39H,10-11,13,16-17H2,1-3H3/t18-,24?/m1/s1. The molecule has 3 heterocycles. The van der Waals surface area contributed by atoms with Crippen molar-refractivity contribution in [3.63, 3.8) is 0 Å². The van der Waals surface area contributed by atoms with E-state index in [1.807, 2.05) is 17.9 Å². The van der Waals surface area contributed by atoms with Gasteiger partial charge < -0.3 is 24.4 Å². The first-order chi connectivity index (χ1) is 21.1. The van der Waals surface area contributed by atoms with E-state index in [2.05, 4.69) is 19.4 Å². The van der Waals surface area contributed by atoms with Crippen LogP contribution >= 0.6 is 0 Å². The predicted molar refractivity (Wildman–Crippen MR) is 156 cm³/mol. The summed E-state index contributed by atoms with van der Waals surface area (Å²) in [6, 6.07) is 11.5. The number of amides is 1. The van der Waals surface area contributed by atoms with Crippen LogP contribution in [0.5, 0.6) is 5.75 Å². The summed E-state index contributed by atoms with van der Waals surface area (Å²) in [5.74, 6) is -0.686. The SMILES string of the molecule is COC(=O)CC(O)C(=O)N1CCN(c2ncc(-c3ccc4c(=O)n(C)n(Cc5ccccc5OC(F)F)c4c3)cn2)C[C@H]1C. The highest BCUT2D eigenvalue weighted by atomic mass is 19.3. The highest BCUT2D eigenvalue weighted by molar-refractivity contribution is 5.86. The van der Waals surface area contributed by atoms with Crippen LogP contribution in [0.1, 0.15) is 18.9 Å². The molecule has 2 atom stereocenters. The molecule has 232 valence electrons. The van der Waals surface area contributed by atoms with Crippen LogP contribution in [0.3, 0.4) is 0 Å². The van der Waals surface area contributed by atoms with Crippen LogP contribution in [-0.4, -0.2) is 86.7 Å². The molecule has 4 aromatic rings. The lowest BCUT2D eigenvalue weighted by molar-refractivity contribution is -0.151. The Labute approximate surface area is 251 Å². The zero-order valence-corrected chi connectivity index (χ0v) is 24.4. The van der Waals surface area contributed by atoms with E-state index in [0.717, 1.165) is 5.56 Å². The summed E-state index contributed by atoms with van der Waals surface area (Å²) in [6.07, 6.45) is 1.47. The first-order valence-corrected chi connectivity index (χ1v) is 13.9. The molecular formula is C30H32F2N6O6. The summed E-state index contributed by atoms with van der Waals surface area (Å²) in [5.41, 5.74) is 2.33. The molecule has 1 aliphatic heterocycles. The average Bonchev–Trinajstić information content (AvgIpc) is 3.25. The van der Waals surface area contributed by atoms with Crippen LogP contribution in [0.2, 0.25) is 0 Å². The normalized spacial score (nSPS) is 15.9. The van der Waals surface area contributed by atoms with Gasteiger partial charge in [0.05, 0.1) is 31.0 Å². The van der Waals surface area contributed by atoms with Crippen molar-refractivity contribution in [3.05, 3.63) is 70.8 Å². The smallest absolute Gasteiger partial charge is 0.387 e. The maximum Gasteiger partial charge on any atom is 0.387 e. The van der Waals surface area contributed by atoms with E-state index in [1.165, 1.54) is 22.8 Å². The molecule has 2 aromatic carbocycles. The highest BCUT2D eigenvalue weighted by Crippen LogP contribution is 2.27. The number of esters is 1. The van der Waals surface area contributed by atoms with Gasteiger partial charge in [0.25, 0.3) is 11.5 Å². The lowest BCUT2D eigenvalue weighted by Crippen LogP contribution is -2.56. The van der Waals surface area contributed by atoms with Crippen molar-refractivity contribution in [2.45, 2.75) is 38.6 Å². The molecular weight excluding hydrogens is 578 g/mol. The van der Waals surface area contributed by atoms with Crippen molar-refractivity contribution in [2.24, 2.45) is 7.05 Å². The Bertz CT molecular complexity index is 1720. The number of hydrogen-bond acceptors (Lipinski definition) is 9. The molecule has 2 aromatic heterocycles. The Kier molecular flexibility index (Phi) is 8.90. The van der Waals surface area contributed by atoms with Gasteiger partial charge in [0, 0.05) is 56.2 Å². The van der Waals surface area contributed by atoms with E-state index in [0.29, 0.717) is 47.6 Å². The number of alkyl halides is 2. The first-order valence-electron chi connectivity index (χ1n) is 13.9. The van der Waals surface area contributed by atoms with Gasteiger partial charge in [-0.3, -0.25) is 23.7 Å². The van der Waals surface area contributed by atoms with Gasteiger partial charge in [-0.15, -0.1) is 0 Å². The van der Waals surface area contributed by atoms with E-state index in [-0.39, 0.29) is 23.9 Å². The number of anilines is 1. The Morgan fingerprint density at radius 2 is 1.82 bits per heavy atom. The van der Waals surface area contributed by atoms with Gasteiger partial charge >= 0.3 is 12.6 Å². The molecule has 14 heteroatoms. The molecule has 5 rings (SSSR count). The minimum atomic E-state index is -2.98. The summed E-state index contributed by atoms with van der Waals surface area (Å²) < 4.78 is 38.3. The summed E-state index contributed by atoms with van der Waals surface area (Å²) in [5, 5.41) is 10.6. The van der Waals surface area contributed by atoms with E-state index < -0.39 is 31.0 Å². The molecule has 12 nitrogen and oxygen atoms in total. The van der Waals surface area contributed by atoms with E-state index in [1.54, 1.807) is 54.5 Å². The van der Waals surface area contributed by atoms with Gasteiger partial charge in [-0.2, -0.15) is 8.78 Å². The molecule has 0 saturated carbocycles. The molecule has 0 radical (unpaired) electrons. The molecule has 0 spiro atoms. The van der Waals surface area contributed by atoms with Crippen LogP contribution in [-0.2, 0) is 27.9 Å². The number of rotatable bonds is 9. The number of aliphatic hydroxyl groups is 1. The molecule has 1 saturated heterocycles. The summed E-state index contributed by atoms with van der Waals surface area (Å²) >= 11 is 0. The number of benzene rings is 2. The third-order valence-electron chi connectivity index (χ3n) is 7.71. The number of piperazine rings is 1. The highest BCUT2D eigenvalue weighted by Gasteiger charge is 2.33. The number of aliphatic hydroxyl groups excluding tert-OH is 1. The van der Waals surface area contributed by atoms with Gasteiger partial charge in [-0.25, -0.2) is 9.97 Å². The van der Waals surface area contributed by atoms with Gasteiger partial charge in [-0.05, 0) is 30.7 Å². The monoisotopic (exact) mass is 610 g/mol. The number of halogens is 2. The molecule has 1 unspecified atom stereocenters. The number of fused-ring (bicyclic) bond motifs is 1. The predicted octanol–water partition coefficient (Wildman–Crippen LogP) is 2.41. The van der Waals surface area contributed by atoms with Crippen molar-refractivity contribution in [3.8, 4) is 16.9 Å². The Morgan fingerprint density at radius 1 is 1.09 bits per heavy atom. The Hall–Kier alpha value is -4.85. The van der Waals surface area contributed by atoms with E-state index in [4.69, 9.17) is 0 Å². The van der Waals surface area contributed by atoms with Gasteiger partial charge in [0.2, 0.25) is 5.95 Å². The second kappa shape index (κ2) is 12.8. The third-order valence-corrected chi connectivity index (χ3v) is 7.71. The molecule has 1 fully saturated rings. The van der Waals surface area contributed by atoms with Crippen molar-refractivity contribution in [2.75, 3.05) is 31.6 Å². The molecule has 0 aliphatic carbocycles. The Morgan fingerprint density at radius 3 is 2.50 bits per heavy atom. The third kappa shape index (κ3) is 6.25. The van der Waals surface area contributed by atoms with Crippen molar-refractivity contribution in [1.29, 1.82) is 0 Å². The van der Waals surface area contributed by atoms with Crippen LogP contribution in [0, 0.1) is 0 Å². The number of aromatic nitrogens is 4. The largest absolute Gasteiger partial charge is 0.469 e. The molecule has 0 bridgehead atoms. The minimum Gasteiger partial charge on any atom is -0.469 e. The van der Waals surface area contributed by atoms with Crippen molar-refractivity contribution in [1.82, 2.24) is 24.2 Å². The molecule has 1 N–H and O–H groups in total. The topological polar surface area (TPSA) is 132 Å². The maximum absolute atomic E-state index is 13.0. The summed E-state index contributed by atoms with van der Waals surface area (Å²) in [6.45, 7) is 0.168. The summed E-state index contributed by atoms with van der Waals surface area (Å²) in [7, 11) is 2.81. The second-order valence-corrected chi connectivity index (χ2v) is 10.5. The fourth-order valence-electron chi connectivity index (χ4n) is 5.37. The molecule has 1 aliphatic rings. The van der Waals surface area contributed by atoms with E-state index in [9.17, 15) is 28.3 Å². The number of nitrogens with zero attached hydrogens (tertiary/aromatic N) is 6. The van der Waals surface area contributed by atoms with Crippen LogP contribution < -0.4 is 15.2 Å². The zero-order chi connectivity index (χ0) is 31.5. The molecule has 1 amide bonds. The Balaban J connectivity index is 1.34. The van der Waals surface area contributed by atoms with Crippen LogP contribution in [0.25, 0.3) is 22.0 Å². The number of carbonyl (C=O) groups excluding carboxylic acids is 2. The zero-order valence-electron chi connectivity index (χ0n) is 24.4. The van der Waals surface area contributed by atoms with Gasteiger partial charge in [0.15, 0.2) is 0 Å². The van der Waals surface area contributed by atoms with E-state index >= 15 is 0 Å². The second-order valence-electron chi connectivity index (χ2n) is 10.5. The number of ether oxygens (including phenoxy) is 2. The minimum absolute atomic E-state index is 0.0360. The van der Waals surface area contributed by atoms with Crippen molar-refractivity contribution >= 4 is 28.7 Å². The lowest BCUT2D eigenvalue weighted by Gasteiger charge is -2.40. The number of carbonyl (C=O) groups is 2. The maximum atomic E-state index is 13.0. The van der Waals surface area contributed by atoms with Crippen LogP contribution in [0.4, 0.5) is 14.7 Å². The molecule has 44 heavy (non-hydrogen) atoms. The van der Waals surface area contributed by atoms with Crippen LogP contribution in [0.15, 0.2) is 59.7 Å². The quantitative estimate of drug-likeness (QED) is 0.284.